The van der Waals surface area contributed by atoms with Crippen LogP contribution in [0.25, 0.3) is 0 Å². The Hall–Kier alpha value is -0.0400. The lowest BCUT2D eigenvalue weighted by atomic mass is 10.0. The van der Waals surface area contributed by atoms with Crippen LogP contribution in [-0.4, -0.2) is 24.0 Å². The van der Waals surface area contributed by atoms with Gasteiger partial charge in [0.25, 0.3) is 0 Å². The first-order chi connectivity index (χ1) is 6.20. The van der Waals surface area contributed by atoms with Gasteiger partial charge in [0.05, 0.1) is 0 Å². The molecule has 1 rings (SSSR count). The number of hydrogen-bond donors (Lipinski definition) is 0. The van der Waals surface area contributed by atoms with Gasteiger partial charge in [-0.15, -0.1) is 0 Å². The Morgan fingerprint density at radius 3 is 2.23 bits per heavy atom. The monoisotopic (exact) mass is 185 g/mol. The minimum absolute atomic E-state index is 0.750. The summed E-state index contributed by atoms with van der Waals surface area (Å²) in [5, 5.41) is 0. The molecular weight excluding hydrogens is 158 g/mol. The highest BCUT2D eigenvalue weighted by Gasteiger charge is 2.14. The van der Waals surface area contributed by atoms with E-state index in [1.807, 2.05) is 13.8 Å². The predicted octanol–water partition coefficient (Wildman–Crippen LogP) is 3.54. The Morgan fingerprint density at radius 2 is 1.69 bits per heavy atom. The van der Waals surface area contributed by atoms with Gasteiger partial charge in [0.15, 0.2) is 0 Å². The van der Waals surface area contributed by atoms with E-state index in [-0.39, 0.29) is 0 Å². The maximum atomic E-state index is 2.60. The normalized spacial score (nSPS) is 24.9. The third-order valence-electron chi connectivity index (χ3n) is 2.78. The van der Waals surface area contributed by atoms with E-state index in [0.29, 0.717) is 0 Å². The molecule has 0 amide bonds. The van der Waals surface area contributed by atoms with E-state index >= 15 is 0 Å². The van der Waals surface area contributed by atoms with Crippen LogP contribution in [0.3, 0.4) is 0 Å². The van der Waals surface area contributed by atoms with Crippen LogP contribution in [0.4, 0.5) is 0 Å². The Labute approximate surface area is 84.5 Å². The molecule has 0 aliphatic carbocycles. The first kappa shape index (κ1) is 13.0. The maximum absolute atomic E-state index is 2.60. The highest BCUT2D eigenvalue weighted by atomic mass is 15.1. The van der Waals surface area contributed by atoms with Gasteiger partial charge < -0.3 is 4.90 Å². The van der Waals surface area contributed by atoms with Crippen LogP contribution in [0.15, 0.2) is 0 Å². The van der Waals surface area contributed by atoms with Gasteiger partial charge in [-0.2, -0.15) is 0 Å². The molecule has 1 nitrogen and oxygen atoms in total. The molecule has 0 aromatic heterocycles. The second-order valence-corrected chi connectivity index (χ2v) is 4.17. The molecule has 1 aliphatic rings. The Bertz CT molecular complexity index is 110. The van der Waals surface area contributed by atoms with Gasteiger partial charge in [-0.3, -0.25) is 0 Å². The number of nitrogens with zero attached hydrogens (tertiary/aromatic N) is 1. The van der Waals surface area contributed by atoms with Crippen molar-refractivity contribution in [3.05, 3.63) is 0 Å². The van der Waals surface area contributed by atoms with Gasteiger partial charge in [0.2, 0.25) is 0 Å². The third kappa shape index (κ3) is 5.30. The average Bonchev–Trinajstić information content (AvgIpc) is 2.33. The van der Waals surface area contributed by atoms with Crippen molar-refractivity contribution in [1.82, 2.24) is 4.90 Å². The van der Waals surface area contributed by atoms with Crippen LogP contribution in [0.5, 0.6) is 0 Å². The van der Waals surface area contributed by atoms with Gasteiger partial charge in [-0.25, -0.2) is 0 Å². The lowest BCUT2D eigenvalue weighted by molar-refractivity contribution is 0.228. The van der Waals surface area contributed by atoms with Crippen molar-refractivity contribution in [3.8, 4) is 0 Å². The smallest absolute Gasteiger partial charge is 0.00385 e. The van der Waals surface area contributed by atoms with Crippen LogP contribution in [-0.2, 0) is 0 Å². The average molecular weight is 185 g/mol. The summed E-state index contributed by atoms with van der Waals surface area (Å²) in [5.41, 5.74) is 0. The van der Waals surface area contributed by atoms with Gasteiger partial charge in [-0.05, 0) is 52.1 Å². The summed E-state index contributed by atoms with van der Waals surface area (Å²) >= 11 is 0. The fourth-order valence-corrected chi connectivity index (χ4v) is 1.80. The minimum atomic E-state index is 0.750. The van der Waals surface area contributed by atoms with E-state index in [4.69, 9.17) is 0 Å². The molecule has 1 heteroatoms. The van der Waals surface area contributed by atoms with Crippen LogP contribution in [0.2, 0.25) is 0 Å². The zero-order valence-corrected chi connectivity index (χ0v) is 10.1. The zero-order chi connectivity index (χ0) is 10.3. The summed E-state index contributed by atoms with van der Waals surface area (Å²) in [7, 11) is 0. The van der Waals surface area contributed by atoms with Crippen molar-refractivity contribution in [2.24, 2.45) is 5.92 Å². The number of likely N-dealkylation sites (tertiary alicyclic amines) is 1. The molecule has 0 spiro atoms. The van der Waals surface area contributed by atoms with E-state index in [9.17, 15) is 0 Å². The molecule has 1 atom stereocenters. The summed E-state index contributed by atoms with van der Waals surface area (Å²) in [6.45, 7) is 13.6. The molecule has 0 radical (unpaired) electrons. The fourth-order valence-electron chi connectivity index (χ4n) is 1.80. The number of rotatable bonds is 1. The third-order valence-corrected chi connectivity index (χ3v) is 2.78. The van der Waals surface area contributed by atoms with Gasteiger partial charge in [0.1, 0.15) is 0 Å². The summed E-state index contributed by atoms with van der Waals surface area (Å²) in [5.74, 6) is 0.957. The topological polar surface area (TPSA) is 3.24 Å². The summed E-state index contributed by atoms with van der Waals surface area (Å²) in [4.78, 5) is 2.60. The highest BCUT2D eigenvalue weighted by molar-refractivity contribution is 4.69. The van der Waals surface area contributed by atoms with Crippen LogP contribution in [0.1, 0.15) is 53.9 Å². The second kappa shape index (κ2) is 7.37. The van der Waals surface area contributed by atoms with Crippen molar-refractivity contribution in [1.29, 1.82) is 0 Å². The quantitative estimate of drug-likeness (QED) is 0.604. The SMILES string of the molecule is CC.CC1CCCN(C(C)C)CC1. The van der Waals surface area contributed by atoms with Crippen molar-refractivity contribution < 1.29 is 0 Å². The summed E-state index contributed by atoms with van der Waals surface area (Å²) < 4.78 is 0. The molecule has 0 bridgehead atoms. The molecule has 1 heterocycles. The van der Waals surface area contributed by atoms with E-state index in [1.165, 1.54) is 32.4 Å². The van der Waals surface area contributed by atoms with E-state index in [1.54, 1.807) is 0 Å². The Kier molecular flexibility index (Phi) is 7.35. The molecular formula is C12H27N. The summed E-state index contributed by atoms with van der Waals surface area (Å²) in [6, 6.07) is 0.750. The number of hydrogen-bond acceptors (Lipinski definition) is 1. The Balaban J connectivity index is 0.000000671. The molecule has 1 fully saturated rings. The molecule has 0 aromatic carbocycles. The molecule has 0 N–H and O–H groups in total. The molecule has 0 saturated carbocycles. The molecule has 1 aliphatic heterocycles. The van der Waals surface area contributed by atoms with Gasteiger partial charge >= 0.3 is 0 Å². The fraction of sp³-hybridized carbons (Fsp3) is 1.00. The van der Waals surface area contributed by atoms with Crippen molar-refractivity contribution in [2.75, 3.05) is 13.1 Å². The lowest BCUT2D eigenvalue weighted by Gasteiger charge is -2.24. The molecule has 0 aromatic rings. The van der Waals surface area contributed by atoms with Gasteiger partial charge in [0, 0.05) is 6.04 Å². The largest absolute Gasteiger partial charge is 0.301 e. The highest BCUT2D eigenvalue weighted by Crippen LogP contribution is 2.17. The van der Waals surface area contributed by atoms with E-state index in [0.717, 1.165) is 12.0 Å². The van der Waals surface area contributed by atoms with Crippen LogP contribution in [0, 0.1) is 5.92 Å². The molecule has 80 valence electrons. The van der Waals surface area contributed by atoms with Crippen molar-refractivity contribution in [2.45, 2.75) is 59.9 Å². The van der Waals surface area contributed by atoms with Crippen LogP contribution < -0.4 is 0 Å². The second-order valence-electron chi connectivity index (χ2n) is 4.17. The minimum Gasteiger partial charge on any atom is -0.301 e. The first-order valence-corrected chi connectivity index (χ1v) is 5.94. The molecule has 1 saturated heterocycles. The van der Waals surface area contributed by atoms with Crippen LogP contribution >= 0.6 is 0 Å². The van der Waals surface area contributed by atoms with Gasteiger partial charge in [-0.1, -0.05) is 20.8 Å². The molecule has 13 heavy (non-hydrogen) atoms. The zero-order valence-electron chi connectivity index (χ0n) is 10.1. The van der Waals surface area contributed by atoms with E-state index in [2.05, 4.69) is 25.7 Å². The van der Waals surface area contributed by atoms with E-state index < -0.39 is 0 Å². The van der Waals surface area contributed by atoms with Crippen molar-refractivity contribution in [3.63, 3.8) is 0 Å². The first-order valence-electron chi connectivity index (χ1n) is 5.94. The predicted molar refractivity (Wildman–Crippen MR) is 61.1 cm³/mol. The standard InChI is InChI=1S/C10H21N.C2H6/c1-9(2)11-7-4-5-10(3)6-8-11;1-2/h9-10H,4-8H2,1-3H3;1-2H3. The van der Waals surface area contributed by atoms with Crippen molar-refractivity contribution >= 4 is 0 Å². The lowest BCUT2D eigenvalue weighted by Crippen LogP contribution is -2.31. The maximum Gasteiger partial charge on any atom is 0.00385 e. The Morgan fingerprint density at radius 1 is 1.08 bits per heavy atom. The summed E-state index contributed by atoms with van der Waals surface area (Å²) in [6.07, 6.45) is 4.24. The molecule has 1 unspecified atom stereocenters.